The standard InChI is InChI=1S/C44H32N4/c1-44(2)34-19-9-11-25-41(34)48(30-14-4-3-5-15-30)42-27-26-29(28-35(42)44)36-21-12-22-38(45-36)39-23-13-24-40(46-39)43-33-18-7-6-16-31(33)32-17-8-10-20-37(32)47-43/h3-28H,1-2H3. The zero-order valence-electron chi connectivity index (χ0n) is 26.8. The number of hydrogen-bond donors (Lipinski definition) is 0. The largest absolute Gasteiger partial charge is 0.310 e. The number of aromatic nitrogens is 3. The van der Waals surface area contributed by atoms with E-state index in [0.717, 1.165) is 56.0 Å². The van der Waals surface area contributed by atoms with Crippen molar-refractivity contribution >= 4 is 38.7 Å². The van der Waals surface area contributed by atoms with E-state index in [1.165, 1.54) is 27.9 Å². The third kappa shape index (κ3) is 4.49. The first-order valence-electron chi connectivity index (χ1n) is 16.4. The molecule has 0 aliphatic carbocycles. The van der Waals surface area contributed by atoms with Crippen LogP contribution in [0.2, 0.25) is 0 Å². The van der Waals surface area contributed by atoms with Gasteiger partial charge < -0.3 is 4.90 Å². The number of fused-ring (bicyclic) bond motifs is 5. The summed E-state index contributed by atoms with van der Waals surface area (Å²) < 4.78 is 0. The molecule has 8 aromatic rings. The van der Waals surface area contributed by atoms with E-state index in [9.17, 15) is 0 Å². The summed E-state index contributed by atoms with van der Waals surface area (Å²) in [5.74, 6) is 0. The molecule has 9 rings (SSSR count). The molecular weight excluding hydrogens is 585 g/mol. The Morgan fingerprint density at radius 3 is 1.85 bits per heavy atom. The third-order valence-corrected chi connectivity index (χ3v) is 9.65. The summed E-state index contributed by atoms with van der Waals surface area (Å²) in [6.07, 6.45) is 0. The van der Waals surface area contributed by atoms with Crippen LogP contribution in [0.1, 0.15) is 25.0 Å². The summed E-state index contributed by atoms with van der Waals surface area (Å²) in [6.45, 7) is 4.64. The zero-order chi connectivity index (χ0) is 32.2. The predicted octanol–water partition coefficient (Wildman–Crippen LogP) is 11.3. The Labute approximate surface area is 280 Å². The van der Waals surface area contributed by atoms with E-state index in [1.807, 2.05) is 24.3 Å². The van der Waals surface area contributed by atoms with Gasteiger partial charge in [-0.25, -0.2) is 15.0 Å². The van der Waals surface area contributed by atoms with Gasteiger partial charge in [-0.1, -0.05) is 111 Å². The highest BCUT2D eigenvalue weighted by Crippen LogP contribution is 2.52. The van der Waals surface area contributed by atoms with Crippen LogP contribution in [0.25, 0.3) is 55.7 Å². The van der Waals surface area contributed by atoms with Crippen LogP contribution in [-0.4, -0.2) is 15.0 Å². The van der Waals surface area contributed by atoms with E-state index in [1.54, 1.807) is 0 Å². The lowest BCUT2D eigenvalue weighted by Crippen LogP contribution is -2.30. The minimum Gasteiger partial charge on any atom is -0.310 e. The van der Waals surface area contributed by atoms with E-state index in [0.29, 0.717) is 0 Å². The summed E-state index contributed by atoms with van der Waals surface area (Å²) >= 11 is 0. The van der Waals surface area contributed by atoms with Gasteiger partial charge in [0.2, 0.25) is 0 Å². The number of rotatable bonds is 4. The lowest BCUT2D eigenvalue weighted by Gasteiger charge is -2.42. The molecule has 3 aromatic heterocycles. The second-order valence-corrected chi connectivity index (χ2v) is 12.9. The van der Waals surface area contributed by atoms with Crippen molar-refractivity contribution < 1.29 is 0 Å². The molecule has 4 heterocycles. The van der Waals surface area contributed by atoms with Gasteiger partial charge in [0.15, 0.2) is 0 Å². The fourth-order valence-electron chi connectivity index (χ4n) is 7.26. The van der Waals surface area contributed by atoms with Gasteiger partial charge in [-0.15, -0.1) is 0 Å². The average Bonchev–Trinajstić information content (AvgIpc) is 3.15. The molecule has 0 radical (unpaired) electrons. The minimum atomic E-state index is -0.198. The second-order valence-electron chi connectivity index (χ2n) is 12.9. The van der Waals surface area contributed by atoms with E-state index >= 15 is 0 Å². The molecule has 48 heavy (non-hydrogen) atoms. The van der Waals surface area contributed by atoms with Gasteiger partial charge >= 0.3 is 0 Å². The average molecular weight is 617 g/mol. The molecular formula is C44H32N4. The second kappa shape index (κ2) is 11.0. The van der Waals surface area contributed by atoms with Crippen LogP contribution in [0.4, 0.5) is 17.1 Å². The maximum atomic E-state index is 5.18. The van der Waals surface area contributed by atoms with Gasteiger partial charge in [0.05, 0.1) is 45.4 Å². The van der Waals surface area contributed by atoms with Crippen LogP contribution >= 0.6 is 0 Å². The van der Waals surface area contributed by atoms with Crippen LogP contribution < -0.4 is 4.90 Å². The molecule has 4 heteroatoms. The van der Waals surface area contributed by atoms with Gasteiger partial charge in [0.25, 0.3) is 0 Å². The van der Waals surface area contributed by atoms with Crippen molar-refractivity contribution in [3.63, 3.8) is 0 Å². The molecule has 0 unspecified atom stereocenters. The van der Waals surface area contributed by atoms with Gasteiger partial charge in [-0.05, 0) is 77.2 Å². The molecule has 0 fully saturated rings. The fourth-order valence-corrected chi connectivity index (χ4v) is 7.26. The Morgan fingerprint density at radius 1 is 0.438 bits per heavy atom. The summed E-state index contributed by atoms with van der Waals surface area (Å²) in [7, 11) is 0. The Bertz CT molecular complexity index is 2500. The Kier molecular flexibility index (Phi) is 6.44. The SMILES string of the molecule is CC1(C)c2ccccc2N(c2ccccc2)c2ccc(-c3cccc(-c4cccc(-c5nc6ccccc6c6ccccc56)n4)n3)cc21. The molecule has 1 aliphatic rings. The van der Waals surface area contributed by atoms with Gasteiger partial charge in [-0.3, -0.25) is 0 Å². The Balaban J connectivity index is 1.14. The molecule has 0 atom stereocenters. The molecule has 1 aliphatic heterocycles. The van der Waals surface area contributed by atoms with Crippen molar-refractivity contribution in [3.8, 4) is 34.0 Å². The lowest BCUT2D eigenvalue weighted by molar-refractivity contribution is 0.632. The quantitative estimate of drug-likeness (QED) is 0.185. The van der Waals surface area contributed by atoms with E-state index < -0.39 is 0 Å². The van der Waals surface area contributed by atoms with Crippen molar-refractivity contribution in [2.45, 2.75) is 19.3 Å². The molecule has 0 saturated carbocycles. The van der Waals surface area contributed by atoms with Crippen LogP contribution in [0.15, 0.2) is 158 Å². The van der Waals surface area contributed by atoms with E-state index in [-0.39, 0.29) is 5.41 Å². The van der Waals surface area contributed by atoms with Crippen molar-refractivity contribution in [3.05, 3.63) is 169 Å². The highest BCUT2D eigenvalue weighted by molar-refractivity contribution is 6.10. The van der Waals surface area contributed by atoms with Crippen molar-refractivity contribution in [1.82, 2.24) is 15.0 Å². The monoisotopic (exact) mass is 616 g/mol. The number of para-hydroxylation sites is 3. The van der Waals surface area contributed by atoms with Crippen molar-refractivity contribution in [1.29, 1.82) is 0 Å². The summed E-state index contributed by atoms with van der Waals surface area (Å²) in [4.78, 5) is 17.8. The number of hydrogen-bond acceptors (Lipinski definition) is 4. The molecule has 0 bridgehead atoms. The summed E-state index contributed by atoms with van der Waals surface area (Å²) in [5.41, 5.74) is 12.2. The molecule has 0 amide bonds. The smallest absolute Gasteiger partial charge is 0.0972 e. The first kappa shape index (κ1) is 28.1. The van der Waals surface area contributed by atoms with Gasteiger partial charge in [0, 0.05) is 27.4 Å². The van der Waals surface area contributed by atoms with Crippen LogP contribution in [0.3, 0.4) is 0 Å². The van der Waals surface area contributed by atoms with Crippen molar-refractivity contribution in [2.75, 3.05) is 4.90 Å². The maximum Gasteiger partial charge on any atom is 0.0972 e. The maximum absolute atomic E-state index is 5.18. The Hall–Kier alpha value is -6.13. The third-order valence-electron chi connectivity index (χ3n) is 9.65. The van der Waals surface area contributed by atoms with Gasteiger partial charge in [-0.2, -0.15) is 0 Å². The first-order valence-corrected chi connectivity index (χ1v) is 16.4. The minimum absolute atomic E-state index is 0.198. The molecule has 228 valence electrons. The number of nitrogens with zero attached hydrogens (tertiary/aromatic N) is 4. The van der Waals surface area contributed by atoms with E-state index in [2.05, 4.69) is 152 Å². The molecule has 0 spiro atoms. The first-order chi connectivity index (χ1) is 23.6. The van der Waals surface area contributed by atoms with Crippen LogP contribution in [0.5, 0.6) is 0 Å². The molecule has 5 aromatic carbocycles. The Morgan fingerprint density at radius 2 is 1.04 bits per heavy atom. The molecule has 0 saturated heterocycles. The zero-order valence-corrected chi connectivity index (χ0v) is 26.8. The summed E-state index contributed by atoms with van der Waals surface area (Å²) in [5, 5.41) is 3.41. The highest BCUT2D eigenvalue weighted by atomic mass is 15.2. The topological polar surface area (TPSA) is 41.9 Å². The van der Waals surface area contributed by atoms with E-state index in [4.69, 9.17) is 15.0 Å². The van der Waals surface area contributed by atoms with Crippen LogP contribution in [0, 0.1) is 0 Å². The highest BCUT2D eigenvalue weighted by Gasteiger charge is 2.37. The van der Waals surface area contributed by atoms with Crippen molar-refractivity contribution in [2.24, 2.45) is 0 Å². The summed E-state index contributed by atoms with van der Waals surface area (Å²) in [6, 6.07) is 55.2. The van der Waals surface area contributed by atoms with Crippen LogP contribution in [-0.2, 0) is 5.41 Å². The number of pyridine rings is 3. The predicted molar refractivity (Wildman–Crippen MR) is 198 cm³/mol. The molecule has 4 nitrogen and oxygen atoms in total. The normalized spacial score (nSPS) is 13.3. The number of benzene rings is 5. The molecule has 0 N–H and O–H groups in total. The lowest BCUT2D eigenvalue weighted by atomic mass is 9.73. The van der Waals surface area contributed by atoms with Gasteiger partial charge in [0.1, 0.15) is 0 Å². The fraction of sp³-hybridized carbons (Fsp3) is 0.0682. The number of anilines is 3.